The highest BCUT2D eigenvalue weighted by Crippen LogP contribution is 2.22. The number of carbonyl (C=O) groups is 1. The van der Waals surface area contributed by atoms with Crippen LogP contribution in [0.3, 0.4) is 0 Å². The smallest absolute Gasteiger partial charge is 0.271 e. The lowest BCUT2D eigenvalue weighted by molar-refractivity contribution is -0.384. The number of nitrogens with zero attached hydrogens (tertiary/aromatic N) is 1. The van der Waals surface area contributed by atoms with Gasteiger partial charge >= 0.3 is 0 Å². The minimum Gasteiger partial charge on any atom is -0.323 e. The summed E-state index contributed by atoms with van der Waals surface area (Å²) < 4.78 is 13.5. The lowest BCUT2D eigenvalue weighted by atomic mass is 10.2. The molecule has 7 heteroatoms. The van der Waals surface area contributed by atoms with Crippen LogP contribution in [-0.4, -0.2) is 16.6 Å². The fraction of sp³-hybridized carbons (Fsp3) is 0.0714. The van der Waals surface area contributed by atoms with Crippen LogP contribution in [-0.2, 0) is 4.79 Å². The molecule has 0 saturated heterocycles. The lowest BCUT2D eigenvalue weighted by Gasteiger charge is -2.06. The summed E-state index contributed by atoms with van der Waals surface area (Å²) in [5, 5.41) is 13.0. The molecule has 2 aromatic rings. The second-order valence-electron chi connectivity index (χ2n) is 4.07. The number of hydrogen-bond donors (Lipinski definition) is 1. The third kappa shape index (κ3) is 4.28. The Labute approximate surface area is 124 Å². The third-order valence-electron chi connectivity index (χ3n) is 2.55. The fourth-order valence-electron chi connectivity index (χ4n) is 1.57. The van der Waals surface area contributed by atoms with E-state index in [-0.39, 0.29) is 17.1 Å². The molecule has 1 amide bonds. The number of amides is 1. The number of halogens is 1. The SMILES string of the molecule is O=C(CSc1ccccc1)Nc1cc([N+](=O)[O-])ccc1F. The summed E-state index contributed by atoms with van der Waals surface area (Å²) in [5.41, 5.74) is -0.467. The van der Waals surface area contributed by atoms with E-state index in [9.17, 15) is 19.3 Å². The number of nitro groups is 1. The van der Waals surface area contributed by atoms with Crippen molar-refractivity contribution in [1.82, 2.24) is 0 Å². The number of nitrogens with one attached hydrogen (secondary N) is 1. The minimum atomic E-state index is -0.710. The number of non-ortho nitro benzene ring substituents is 1. The average molecular weight is 306 g/mol. The number of hydrogen-bond acceptors (Lipinski definition) is 4. The van der Waals surface area contributed by atoms with Gasteiger partial charge in [0.15, 0.2) is 0 Å². The molecule has 0 bridgehead atoms. The molecular formula is C14H11FN2O3S. The van der Waals surface area contributed by atoms with Gasteiger partial charge in [0.25, 0.3) is 5.69 Å². The van der Waals surface area contributed by atoms with E-state index in [1.807, 2.05) is 30.3 Å². The Morgan fingerprint density at radius 1 is 1.24 bits per heavy atom. The van der Waals surface area contributed by atoms with Gasteiger partial charge in [-0.05, 0) is 18.2 Å². The van der Waals surface area contributed by atoms with E-state index in [0.717, 1.165) is 23.1 Å². The zero-order valence-corrected chi connectivity index (χ0v) is 11.6. The molecule has 108 valence electrons. The van der Waals surface area contributed by atoms with Crippen molar-refractivity contribution in [3.8, 4) is 0 Å². The monoisotopic (exact) mass is 306 g/mol. The zero-order chi connectivity index (χ0) is 15.2. The molecule has 21 heavy (non-hydrogen) atoms. The Morgan fingerprint density at radius 3 is 2.62 bits per heavy atom. The molecule has 0 fully saturated rings. The number of benzene rings is 2. The van der Waals surface area contributed by atoms with E-state index in [2.05, 4.69) is 5.32 Å². The predicted molar refractivity (Wildman–Crippen MR) is 78.9 cm³/mol. The maximum absolute atomic E-state index is 13.5. The van der Waals surface area contributed by atoms with E-state index in [1.165, 1.54) is 11.8 Å². The van der Waals surface area contributed by atoms with Gasteiger partial charge in [-0.2, -0.15) is 0 Å². The van der Waals surface area contributed by atoms with Crippen LogP contribution in [0.1, 0.15) is 0 Å². The Bertz CT molecular complexity index is 665. The topological polar surface area (TPSA) is 72.2 Å². The van der Waals surface area contributed by atoms with E-state index in [0.29, 0.717) is 0 Å². The number of anilines is 1. The number of nitro benzene ring substituents is 1. The molecule has 0 radical (unpaired) electrons. The van der Waals surface area contributed by atoms with Gasteiger partial charge in [0, 0.05) is 17.0 Å². The van der Waals surface area contributed by atoms with Crippen LogP contribution in [0.4, 0.5) is 15.8 Å². The molecule has 0 heterocycles. The van der Waals surface area contributed by atoms with E-state index in [1.54, 1.807) is 0 Å². The first-order valence-electron chi connectivity index (χ1n) is 5.98. The van der Waals surface area contributed by atoms with Crippen molar-refractivity contribution in [2.24, 2.45) is 0 Å². The average Bonchev–Trinajstić information content (AvgIpc) is 2.48. The highest BCUT2D eigenvalue weighted by Gasteiger charge is 2.13. The lowest BCUT2D eigenvalue weighted by Crippen LogP contribution is -2.15. The highest BCUT2D eigenvalue weighted by molar-refractivity contribution is 8.00. The molecule has 2 rings (SSSR count). The summed E-state index contributed by atoms with van der Waals surface area (Å²) in [4.78, 5) is 22.6. The summed E-state index contributed by atoms with van der Waals surface area (Å²) in [5.74, 6) is -1.05. The number of thioether (sulfide) groups is 1. The Balaban J connectivity index is 1.99. The second-order valence-corrected chi connectivity index (χ2v) is 5.12. The Hall–Kier alpha value is -2.41. The fourth-order valence-corrected chi connectivity index (χ4v) is 2.29. The van der Waals surface area contributed by atoms with Crippen molar-refractivity contribution in [3.05, 3.63) is 64.5 Å². The van der Waals surface area contributed by atoms with Crippen molar-refractivity contribution >= 4 is 29.0 Å². The maximum Gasteiger partial charge on any atom is 0.271 e. The minimum absolute atomic E-state index is 0.0894. The van der Waals surface area contributed by atoms with Crippen molar-refractivity contribution in [2.45, 2.75) is 4.90 Å². The van der Waals surface area contributed by atoms with Crippen LogP contribution in [0.5, 0.6) is 0 Å². The van der Waals surface area contributed by atoms with Gasteiger partial charge in [-0.25, -0.2) is 4.39 Å². The molecule has 0 aliphatic heterocycles. The van der Waals surface area contributed by atoms with E-state index >= 15 is 0 Å². The van der Waals surface area contributed by atoms with Gasteiger partial charge < -0.3 is 5.32 Å². The van der Waals surface area contributed by atoms with Gasteiger partial charge in [-0.15, -0.1) is 11.8 Å². The van der Waals surface area contributed by atoms with Crippen molar-refractivity contribution in [1.29, 1.82) is 0 Å². The normalized spacial score (nSPS) is 10.1. The molecule has 0 saturated carbocycles. The first-order chi connectivity index (χ1) is 10.1. The highest BCUT2D eigenvalue weighted by atomic mass is 32.2. The molecular weight excluding hydrogens is 295 g/mol. The van der Waals surface area contributed by atoms with Crippen molar-refractivity contribution < 1.29 is 14.1 Å². The molecule has 0 spiro atoms. The predicted octanol–water partition coefficient (Wildman–Crippen LogP) is 3.46. The van der Waals surface area contributed by atoms with Crippen LogP contribution in [0.25, 0.3) is 0 Å². The molecule has 0 aromatic heterocycles. The van der Waals surface area contributed by atoms with E-state index in [4.69, 9.17) is 0 Å². The third-order valence-corrected chi connectivity index (χ3v) is 3.56. The Kier molecular flexibility index (Phi) is 4.89. The quantitative estimate of drug-likeness (QED) is 0.521. The van der Waals surface area contributed by atoms with Crippen LogP contribution in [0.15, 0.2) is 53.4 Å². The zero-order valence-electron chi connectivity index (χ0n) is 10.8. The van der Waals surface area contributed by atoms with Crippen molar-refractivity contribution in [2.75, 3.05) is 11.1 Å². The summed E-state index contributed by atoms with van der Waals surface area (Å²) in [6.45, 7) is 0. The summed E-state index contributed by atoms with van der Waals surface area (Å²) >= 11 is 1.30. The van der Waals surface area contributed by atoms with Gasteiger partial charge in [0.05, 0.1) is 16.4 Å². The van der Waals surface area contributed by atoms with Crippen LogP contribution in [0, 0.1) is 15.9 Å². The summed E-state index contributed by atoms with van der Waals surface area (Å²) in [6, 6.07) is 12.3. The molecule has 2 aromatic carbocycles. The first kappa shape index (κ1) is 15.0. The van der Waals surface area contributed by atoms with E-state index < -0.39 is 16.6 Å². The van der Waals surface area contributed by atoms with Crippen LogP contribution in [0.2, 0.25) is 0 Å². The number of rotatable bonds is 5. The molecule has 0 aliphatic rings. The van der Waals surface area contributed by atoms with Gasteiger partial charge in [-0.3, -0.25) is 14.9 Å². The second kappa shape index (κ2) is 6.85. The van der Waals surface area contributed by atoms with Gasteiger partial charge in [-0.1, -0.05) is 18.2 Å². The first-order valence-corrected chi connectivity index (χ1v) is 6.96. The largest absolute Gasteiger partial charge is 0.323 e. The standard InChI is InChI=1S/C14H11FN2O3S/c15-12-7-6-10(17(19)20)8-13(12)16-14(18)9-21-11-4-2-1-3-5-11/h1-8H,9H2,(H,16,18). The molecule has 5 nitrogen and oxygen atoms in total. The molecule has 0 atom stereocenters. The van der Waals surface area contributed by atoms with Crippen LogP contribution < -0.4 is 5.32 Å². The molecule has 0 aliphatic carbocycles. The van der Waals surface area contributed by atoms with Crippen molar-refractivity contribution in [3.63, 3.8) is 0 Å². The Morgan fingerprint density at radius 2 is 1.95 bits per heavy atom. The molecule has 0 unspecified atom stereocenters. The van der Waals surface area contributed by atoms with Crippen LogP contribution >= 0.6 is 11.8 Å². The van der Waals surface area contributed by atoms with Gasteiger partial charge in [0.1, 0.15) is 5.82 Å². The molecule has 1 N–H and O–H groups in total. The maximum atomic E-state index is 13.5. The summed E-state index contributed by atoms with van der Waals surface area (Å²) in [6.07, 6.45) is 0. The number of carbonyl (C=O) groups excluding carboxylic acids is 1. The summed E-state index contributed by atoms with van der Waals surface area (Å²) in [7, 11) is 0. The van der Waals surface area contributed by atoms with Gasteiger partial charge in [0.2, 0.25) is 5.91 Å².